The Labute approximate surface area is 166 Å². The Morgan fingerprint density at radius 2 is 1.39 bits per heavy atom. The van der Waals surface area contributed by atoms with Crippen LogP contribution in [0.1, 0.15) is 23.6 Å². The summed E-state index contributed by atoms with van der Waals surface area (Å²) >= 11 is 0. The zero-order chi connectivity index (χ0) is 20.5. The van der Waals surface area contributed by atoms with Crippen LogP contribution >= 0.6 is 0 Å². The van der Waals surface area contributed by atoms with E-state index in [9.17, 15) is 13.5 Å². The van der Waals surface area contributed by atoms with Crippen LogP contribution in [-0.2, 0) is 16.5 Å². The van der Waals surface area contributed by atoms with Crippen LogP contribution in [0.4, 0.5) is 0 Å². The molecule has 0 bridgehead atoms. The van der Waals surface area contributed by atoms with E-state index >= 15 is 0 Å². The Balaban J connectivity index is 1.98. The Hall–Kier alpha value is -2.79. The molecule has 1 N–H and O–H groups in total. The summed E-state index contributed by atoms with van der Waals surface area (Å²) in [6.45, 7) is 6.15. The van der Waals surface area contributed by atoms with Gasteiger partial charge in [-0.3, -0.25) is 0 Å². The van der Waals surface area contributed by atoms with E-state index in [4.69, 9.17) is 4.18 Å². The Kier molecular flexibility index (Phi) is 5.47. The third kappa shape index (κ3) is 4.37. The summed E-state index contributed by atoms with van der Waals surface area (Å²) in [6.07, 6.45) is 1.80. The van der Waals surface area contributed by atoms with Crippen LogP contribution in [0.2, 0.25) is 0 Å². The molecule has 0 spiro atoms. The summed E-state index contributed by atoms with van der Waals surface area (Å²) in [5.74, 6) is 0.627. The van der Waals surface area contributed by atoms with Gasteiger partial charge >= 0.3 is 10.1 Å². The van der Waals surface area contributed by atoms with Crippen molar-refractivity contribution in [2.24, 2.45) is 0 Å². The highest BCUT2D eigenvalue weighted by atomic mass is 32.2. The highest BCUT2D eigenvalue weighted by molar-refractivity contribution is 7.86. The van der Waals surface area contributed by atoms with Gasteiger partial charge in [-0.15, -0.1) is 0 Å². The Morgan fingerprint density at radius 3 is 1.93 bits per heavy atom. The molecule has 0 aliphatic heterocycles. The third-order valence-corrected chi connectivity index (χ3v) is 5.25. The fraction of sp³-hybridized carbons (Fsp3) is 0.217. The summed E-state index contributed by atoms with van der Waals surface area (Å²) in [5, 5.41) is 9.94. The van der Waals surface area contributed by atoms with E-state index in [1.165, 1.54) is 0 Å². The molecule has 146 valence electrons. The molecule has 5 heteroatoms. The van der Waals surface area contributed by atoms with Gasteiger partial charge in [-0.25, -0.2) is 0 Å². The van der Waals surface area contributed by atoms with E-state index < -0.39 is 10.1 Å². The minimum Gasteiger partial charge on any atom is -0.508 e. The van der Waals surface area contributed by atoms with Crippen LogP contribution < -0.4 is 4.18 Å². The normalized spacial score (nSPS) is 11.4. The van der Waals surface area contributed by atoms with Crippen molar-refractivity contribution in [2.75, 3.05) is 6.26 Å². The number of phenols is 1. The molecule has 28 heavy (non-hydrogen) atoms. The maximum atomic E-state index is 11.3. The summed E-state index contributed by atoms with van der Waals surface area (Å²) in [6, 6.07) is 17.0. The zero-order valence-corrected chi connectivity index (χ0v) is 17.3. The first-order valence-electron chi connectivity index (χ1n) is 9.11. The van der Waals surface area contributed by atoms with Gasteiger partial charge in [0.15, 0.2) is 0 Å². The van der Waals surface area contributed by atoms with Crippen LogP contribution in [0.5, 0.6) is 11.5 Å². The molecule has 0 radical (unpaired) electrons. The molecular weight excluding hydrogens is 372 g/mol. The molecule has 3 aromatic rings. The Morgan fingerprint density at radius 1 is 0.857 bits per heavy atom. The first kappa shape index (κ1) is 20.0. The van der Waals surface area contributed by atoms with Crippen LogP contribution in [-0.4, -0.2) is 19.8 Å². The largest absolute Gasteiger partial charge is 0.508 e. The molecule has 0 saturated heterocycles. The van der Waals surface area contributed by atoms with Crippen molar-refractivity contribution in [3.05, 3.63) is 71.3 Å². The highest BCUT2D eigenvalue weighted by Gasteiger charge is 2.11. The minimum absolute atomic E-state index is 0.299. The maximum Gasteiger partial charge on any atom is 0.306 e. The van der Waals surface area contributed by atoms with Crippen molar-refractivity contribution < 1.29 is 17.7 Å². The Bertz CT molecular complexity index is 1110. The average Bonchev–Trinajstić information content (AvgIpc) is 2.63. The van der Waals surface area contributed by atoms with E-state index in [1.807, 2.05) is 31.2 Å². The topological polar surface area (TPSA) is 63.6 Å². The van der Waals surface area contributed by atoms with Crippen molar-refractivity contribution >= 4 is 10.1 Å². The SMILES string of the molecule is CCc1cc(-c2cc(C)c(-c3ccc(OS(C)(=O)=O)cc3)cc2C)ccc1O. The molecule has 0 atom stereocenters. The molecule has 0 fully saturated rings. The summed E-state index contributed by atoms with van der Waals surface area (Å²) in [5.41, 5.74) is 7.47. The average molecular weight is 397 g/mol. The standard InChI is InChI=1S/C23H24O4S/c1-5-17-14-19(8-11-23(17)24)22-13-15(2)21(12-16(22)3)18-6-9-20(10-7-18)27-28(4,25)26/h6-14,24H,5H2,1-4H3. The molecule has 0 amide bonds. The number of aromatic hydroxyl groups is 1. The minimum atomic E-state index is -3.53. The summed E-state index contributed by atoms with van der Waals surface area (Å²) < 4.78 is 27.4. The molecule has 0 saturated carbocycles. The van der Waals surface area contributed by atoms with Crippen molar-refractivity contribution in [3.63, 3.8) is 0 Å². The lowest BCUT2D eigenvalue weighted by molar-refractivity contribution is 0.469. The first-order chi connectivity index (χ1) is 13.2. The molecule has 3 aromatic carbocycles. The predicted octanol–water partition coefficient (Wildman–Crippen LogP) is 5.24. The van der Waals surface area contributed by atoms with E-state index in [2.05, 4.69) is 26.0 Å². The van der Waals surface area contributed by atoms with Crippen molar-refractivity contribution in [2.45, 2.75) is 27.2 Å². The second kappa shape index (κ2) is 7.68. The third-order valence-electron chi connectivity index (χ3n) is 4.76. The lowest BCUT2D eigenvalue weighted by Crippen LogP contribution is -2.05. The molecule has 3 rings (SSSR count). The number of rotatable bonds is 5. The lowest BCUT2D eigenvalue weighted by atomic mass is 9.91. The van der Waals surface area contributed by atoms with Crippen molar-refractivity contribution in [1.29, 1.82) is 0 Å². The number of benzene rings is 3. The number of hydrogen-bond acceptors (Lipinski definition) is 4. The fourth-order valence-corrected chi connectivity index (χ4v) is 3.80. The fourth-order valence-electron chi connectivity index (χ4n) is 3.34. The summed E-state index contributed by atoms with van der Waals surface area (Å²) in [4.78, 5) is 0. The van der Waals surface area contributed by atoms with Gasteiger partial charge in [0.1, 0.15) is 11.5 Å². The second-order valence-corrected chi connectivity index (χ2v) is 8.57. The predicted molar refractivity (Wildman–Crippen MR) is 113 cm³/mol. The smallest absolute Gasteiger partial charge is 0.306 e. The van der Waals surface area contributed by atoms with Crippen molar-refractivity contribution in [1.82, 2.24) is 0 Å². The van der Waals surface area contributed by atoms with Gasteiger partial charge in [0.2, 0.25) is 0 Å². The molecule has 4 nitrogen and oxygen atoms in total. The van der Waals surface area contributed by atoms with E-state index in [-0.39, 0.29) is 0 Å². The van der Waals surface area contributed by atoms with Gasteiger partial charge in [0, 0.05) is 0 Å². The molecule has 0 unspecified atom stereocenters. The zero-order valence-electron chi connectivity index (χ0n) is 16.5. The van der Waals surface area contributed by atoms with Gasteiger partial charge in [0.05, 0.1) is 6.26 Å². The van der Waals surface area contributed by atoms with E-state index in [0.717, 1.165) is 51.6 Å². The van der Waals surface area contributed by atoms with Crippen molar-refractivity contribution in [3.8, 4) is 33.8 Å². The molecular formula is C23H24O4S. The first-order valence-corrected chi connectivity index (χ1v) is 10.9. The number of phenolic OH excluding ortho intramolecular Hbond substituents is 1. The van der Waals surface area contributed by atoms with E-state index in [1.54, 1.807) is 18.2 Å². The van der Waals surface area contributed by atoms with Gasteiger partial charge < -0.3 is 9.29 Å². The van der Waals surface area contributed by atoms with Gasteiger partial charge in [-0.05, 0) is 83.5 Å². The van der Waals surface area contributed by atoms with Crippen LogP contribution in [0.25, 0.3) is 22.3 Å². The monoisotopic (exact) mass is 396 g/mol. The van der Waals surface area contributed by atoms with Gasteiger partial charge in [0.25, 0.3) is 0 Å². The lowest BCUT2D eigenvalue weighted by Gasteiger charge is -2.14. The van der Waals surface area contributed by atoms with Crippen LogP contribution in [0.3, 0.4) is 0 Å². The van der Waals surface area contributed by atoms with Crippen LogP contribution in [0, 0.1) is 13.8 Å². The number of aryl methyl sites for hydroxylation is 3. The quantitative estimate of drug-likeness (QED) is 0.599. The second-order valence-electron chi connectivity index (χ2n) is 6.99. The van der Waals surface area contributed by atoms with E-state index in [0.29, 0.717) is 11.5 Å². The highest BCUT2D eigenvalue weighted by Crippen LogP contribution is 2.34. The maximum absolute atomic E-state index is 11.3. The molecule has 0 aliphatic carbocycles. The molecule has 0 aromatic heterocycles. The number of hydrogen-bond donors (Lipinski definition) is 1. The van der Waals surface area contributed by atoms with Gasteiger partial charge in [-0.1, -0.05) is 37.3 Å². The molecule has 0 aliphatic rings. The summed E-state index contributed by atoms with van der Waals surface area (Å²) in [7, 11) is -3.53. The molecule has 0 heterocycles. The van der Waals surface area contributed by atoms with Crippen LogP contribution in [0.15, 0.2) is 54.6 Å². The van der Waals surface area contributed by atoms with Gasteiger partial charge in [-0.2, -0.15) is 8.42 Å².